The third-order valence-electron chi connectivity index (χ3n) is 6.37. The van der Waals surface area contributed by atoms with Crippen LogP contribution in [-0.4, -0.2) is 56.7 Å². The molecule has 1 saturated heterocycles. The van der Waals surface area contributed by atoms with Gasteiger partial charge < -0.3 is 4.90 Å². The lowest BCUT2D eigenvalue weighted by Gasteiger charge is -2.35. The number of fused-ring (bicyclic) bond motifs is 1. The molecule has 1 aliphatic rings. The third-order valence-corrected chi connectivity index (χ3v) is 6.37. The van der Waals surface area contributed by atoms with Gasteiger partial charge >= 0.3 is 5.69 Å². The van der Waals surface area contributed by atoms with Gasteiger partial charge in [0.05, 0.1) is 6.54 Å². The first-order valence-electron chi connectivity index (χ1n) is 11.6. The summed E-state index contributed by atoms with van der Waals surface area (Å²) in [6.45, 7) is 4.34. The zero-order valence-electron chi connectivity index (χ0n) is 19.5. The zero-order valence-corrected chi connectivity index (χ0v) is 19.5. The van der Waals surface area contributed by atoms with E-state index in [4.69, 9.17) is 4.98 Å². The lowest BCUT2D eigenvalue weighted by molar-refractivity contribution is 0.282. The fourth-order valence-electron chi connectivity index (χ4n) is 4.42. The highest BCUT2D eigenvalue weighted by Gasteiger charge is 2.24. The van der Waals surface area contributed by atoms with Crippen LogP contribution in [0, 0.1) is 5.82 Å². The van der Waals surface area contributed by atoms with E-state index in [1.807, 2.05) is 22.8 Å². The average Bonchev–Trinajstić information content (AvgIpc) is 3.25. The monoisotopic (exact) mass is 474 g/mol. The fourth-order valence-corrected chi connectivity index (χ4v) is 4.42. The van der Waals surface area contributed by atoms with E-state index in [1.165, 1.54) is 22.3 Å². The molecule has 1 N–H and O–H groups in total. The van der Waals surface area contributed by atoms with Gasteiger partial charge in [-0.25, -0.2) is 9.18 Å². The second-order valence-corrected chi connectivity index (χ2v) is 8.72. The number of aromatic amines is 1. The van der Waals surface area contributed by atoms with Gasteiger partial charge in [-0.2, -0.15) is 4.98 Å². The Hall–Kier alpha value is -3.98. The summed E-state index contributed by atoms with van der Waals surface area (Å²) in [4.78, 5) is 36.6. The number of imidazole rings is 1. The van der Waals surface area contributed by atoms with Gasteiger partial charge in [0, 0.05) is 39.8 Å². The van der Waals surface area contributed by atoms with Crippen LogP contribution in [0.4, 0.5) is 10.3 Å². The average molecular weight is 475 g/mol. The molecule has 0 atom stereocenters. The van der Waals surface area contributed by atoms with Crippen LogP contribution in [0.25, 0.3) is 17.2 Å². The Kier molecular flexibility index (Phi) is 6.33. The number of rotatable bonds is 6. The molecule has 0 saturated carbocycles. The number of benzene rings is 2. The summed E-state index contributed by atoms with van der Waals surface area (Å²) >= 11 is 0. The van der Waals surface area contributed by atoms with Crippen LogP contribution in [0.5, 0.6) is 0 Å². The Morgan fingerprint density at radius 1 is 1.00 bits per heavy atom. The Morgan fingerprint density at radius 2 is 1.71 bits per heavy atom. The van der Waals surface area contributed by atoms with Gasteiger partial charge in [0.1, 0.15) is 5.82 Å². The minimum absolute atomic E-state index is 0.317. The number of piperazine rings is 1. The van der Waals surface area contributed by atoms with Gasteiger partial charge in [-0.1, -0.05) is 54.6 Å². The molecule has 1 fully saturated rings. The number of hydrogen-bond acceptors (Lipinski definition) is 5. The molecule has 0 spiro atoms. The molecule has 0 unspecified atom stereocenters. The quantitative estimate of drug-likeness (QED) is 0.465. The van der Waals surface area contributed by atoms with Crippen molar-refractivity contribution < 1.29 is 4.39 Å². The summed E-state index contributed by atoms with van der Waals surface area (Å²) in [6.07, 6.45) is 4.30. The number of anilines is 1. The number of aryl methyl sites for hydroxylation is 1. The zero-order chi connectivity index (χ0) is 24.4. The van der Waals surface area contributed by atoms with Crippen molar-refractivity contribution in [1.29, 1.82) is 0 Å². The van der Waals surface area contributed by atoms with E-state index in [-0.39, 0.29) is 5.82 Å². The third kappa shape index (κ3) is 4.81. The van der Waals surface area contributed by atoms with E-state index >= 15 is 0 Å². The van der Waals surface area contributed by atoms with Crippen LogP contribution in [0.3, 0.4) is 0 Å². The first-order valence-corrected chi connectivity index (χ1v) is 11.6. The molecule has 2 aromatic heterocycles. The van der Waals surface area contributed by atoms with E-state index in [0.717, 1.165) is 38.3 Å². The molecule has 2 aromatic carbocycles. The van der Waals surface area contributed by atoms with Gasteiger partial charge in [0.2, 0.25) is 5.95 Å². The van der Waals surface area contributed by atoms with Crippen molar-refractivity contribution in [3.63, 3.8) is 0 Å². The minimum Gasteiger partial charge on any atom is -0.340 e. The standard InChI is InChI=1S/C26H27FN6O2/c1-30-23-22(24(34)29-26(30)35)33(18-20-9-11-21(27)12-10-20)25(28-23)32-16-14-31(15-17-32)13-5-8-19-6-3-2-4-7-19/h2-12H,13-18H2,1H3,(H,29,34,35)/b8-5+. The predicted molar refractivity (Wildman–Crippen MR) is 135 cm³/mol. The number of aromatic nitrogens is 4. The van der Waals surface area contributed by atoms with Crippen molar-refractivity contribution in [2.75, 3.05) is 37.6 Å². The molecule has 1 aliphatic heterocycles. The second kappa shape index (κ2) is 9.71. The molecule has 5 rings (SSSR count). The van der Waals surface area contributed by atoms with E-state index in [1.54, 1.807) is 19.2 Å². The number of hydrogen-bond donors (Lipinski definition) is 1. The van der Waals surface area contributed by atoms with Crippen LogP contribution in [0.1, 0.15) is 11.1 Å². The molecular formula is C26H27FN6O2. The molecule has 180 valence electrons. The van der Waals surface area contributed by atoms with Gasteiger partial charge in [-0.3, -0.25) is 23.8 Å². The maximum Gasteiger partial charge on any atom is 0.329 e. The summed E-state index contributed by atoms with van der Waals surface area (Å²) in [7, 11) is 1.59. The summed E-state index contributed by atoms with van der Waals surface area (Å²) in [5.74, 6) is 0.317. The molecular weight excluding hydrogens is 447 g/mol. The van der Waals surface area contributed by atoms with Crippen LogP contribution >= 0.6 is 0 Å². The summed E-state index contributed by atoms with van der Waals surface area (Å²) in [5.41, 5.74) is 1.70. The highest BCUT2D eigenvalue weighted by atomic mass is 19.1. The van der Waals surface area contributed by atoms with E-state index < -0.39 is 11.2 Å². The molecule has 35 heavy (non-hydrogen) atoms. The molecule has 3 heterocycles. The van der Waals surface area contributed by atoms with E-state index in [2.05, 4.69) is 39.1 Å². The number of halogens is 1. The molecule has 0 aliphatic carbocycles. The second-order valence-electron chi connectivity index (χ2n) is 8.72. The summed E-state index contributed by atoms with van der Waals surface area (Å²) in [6, 6.07) is 16.4. The van der Waals surface area contributed by atoms with E-state index in [9.17, 15) is 14.0 Å². The normalized spacial score (nSPS) is 14.9. The Bertz CT molecular complexity index is 1460. The van der Waals surface area contributed by atoms with Crippen LogP contribution in [0.2, 0.25) is 0 Å². The van der Waals surface area contributed by atoms with Crippen molar-refractivity contribution in [1.82, 2.24) is 24.0 Å². The van der Waals surface area contributed by atoms with Gasteiger partial charge in [-0.05, 0) is 23.3 Å². The fraction of sp³-hybridized carbons (Fsp3) is 0.269. The minimum atomic E-state index is -0.504. The van der Waals surface area contributed by atoms with Crippen LogP contribution in [0.15, 0.2) is 70.3 Å². The Balaban J connectivity index is 1.39. The van der Waals surface area contributed by atoms with Crippen molar-refractivity contribution in [3.05, 3.63) is 98.5 Å². The predicted octanol–water partition coefficient (Wildman–Crippen LogP) is 2.45. The van der Waals surface area contributed by atoms with Gasteiger partial charge in [0.15, 0.2) is 11.2 Å². The molecule has 0 radical (unpaired) electrons. The van der Waals surface area contributed by atoms with Gasteiger partial charge in [0.25, 0.3) is 5.56 Å². The molecule has 9 heteroatoms. The Morgan fingerprint density at radius 3 is 2.43 bits per heavy atom. The lowest BCUT2D eigenvalue weighted by Crippen LogP contribution is -2.47. The van der Waals surface area contributed by atoms with Gasteiger partial charge in [-0.15, -0.1) is 0 Å². The molecule has 4 aromatic rings. The van der Waals surface area contributed by atoms with Crippen LogP contribution < -0.4 is 16.1 Å². The van der Waals surface area contributed by atoms with Crippen molar-refractivity contribution in [2.45, 2.75) is 6.54 Å². The number of nitrogens with zero attached hydrogens (tertiary/aromatic N) is 5. The Labute approximate surface area is 201 Å². The van der Waals surface area contributed by atoms with Crippen LogP contribution in [-0.2, 0) is 13.6 Å². The lowest BCUT2D eigenvalue weighted by atomic mass is 10.2. The molecule has 0 amide bonds. The van der Waals surface area contributed by atoms with Crippen molar-refractivity contribution in [3.8, 4) is 0 Å². The van der Waals surface area contributed by atoms with Crippen molar-refractivity contribution >= 4 is 23.2 Å². The van der Waals surface area contributed by atoms with E-state index in [0.29, 0.717) is 23.7 Å². The maximum atomic E-state index is 13.4. The first kappa shape index (κ1) is 22.8. The molecule has 8 nitrogen and oxygen atoms in total. The van der Waals surface area contributed by atoms with Crippen molar-refractivity contribution in [2.24, 2.45) is 7.05 Å². The highest BCUT2D eigenvalue weighted by Crippen LogP contribution is 2.22. The summed E-state index contributed by atoms with van der Waals surface area (Å²) < 4.78 is 16.6. The maximum absolute atomic E-state index is 13.4. The molecule has 0 bridgehead atoms. The smallest absolute Gasteiger partial charge is 0.329 e. The number of H-pyrrole nitrogens is 1. The first-order chi connectivity index (χ1) is 17.0. The topological polar surface area (TPSA) is 79.2 Å². The summed E-state index contributed by atoms with van der Waals surface area (Å²) in [5, 5.41) is 0. The number of nitrogens with one attached hydrogen (secondary N) is 1. The largest absolute Gasteiger partial charge is 0.340 e. The SMILES string of the molecule is Cn1c(=O)[nH]c(=O)c2c1nc(N1CCN(C/C=C/c3ccccc3)CC1)n2Cc1ccc(F)cc1. The highest BCUT2D eigenvalue weighted by molar-refractivity contribution is 5.74.